The summed E-state index contributed by atoms with van der Waals surface area (Å²) in [5.74, 6) is 4.22. The lowest BCUT2D eigenvalue weighted by Crippen LogP contribution is -2.52. The standard InChI is InChI=1S/C28H33N3O6/c1-29-27(34)26(25(33)20-32)30(2)28(35)24-11-9-23(10-12-24)22-7-5-21(6-8-22)4-3-16-36-17-13-31-14-18-37-19-15-31/h5-12,26,32H,13-20H2,1-2H3,(H,29,34). The molecule has 0 spiro atoms. The summed E-state index contributed by atoms with van der Waals surface area (Å²) in [6, 6.07) is 13.2. The number of nitrogens with one attached hydrogen (secondary N) is 1. The molecule has 1 fully saturated rings. The van der Waals surface area contributed by atoms with Gasteiger partial charge in [0.1, 0.15) is 13.2 Å². The molecule has 196 valence electrons. The lowest BCUT2D eigenvalue weighted by Gasteiger charge is -2.26. The zero-order valence-electron chi connectivity index (χ0n) is 21.2. The van der Waals surface area contributed by atoms with E-state index in [1.807, 2.05) is 24.3 Å². The fourth-order valence-corrected chi connectivity index (χ4v) is 3.91. The second-order valence-electron chi connectivity index (χ2n) is 8.52. The summed E-state index contributed by atoms with van der Waals surface area (Å²) in [7, 11) is 2.73. The fourth-order valence-electron chi connectivity index (χ4n) is 3.91. The summed E-state index contributed by atoms with van der Waals surface area (Å²) in [5.41, 5.74) is 3.06. The lowest BCUT2D eigenvalue weighted by molar-refractivity contribution is -0.135. The maximum Gasteiger partial charge on any atom is 0.254 e. The van der Waals surface area contributed by atoms with Crippen molar-refractivity contribution in [2.75, 3.05) is 66.8 Å². The van der Waals surface area contributed by atoms with E-state index < -0.39 is 30.2 Å². The lowest BCUT2D eigenvalue weighted by atomic mass is 10.0. The van der Waals surface area contributed by atoms with Gasteiger partial charge in [0.05, 0.1) is 19.8 Å². The van der Waals surface area contributed by atoms with Gasteiger partial charge in [-0.2, -0.15) is 0 Å². The minimum absolute atomic E-state index is 0.321. The number of carbonyl (C=O) groups is 3. The number of rotatable bonds is 10. The van der Waals surface area contributed by atoms with Crippen molar-refractivity contribution in [3.8, 4) is 23.0 Å². The summed E-state index contributed by atoms with van der Waals surface area (Å²) >= 11 is 0. The number of amides is 2. The van der Waals surface area contributed by atoms with E-state index in [-0.39, 0.29) is 0 Å². The summed E-state index contributed by atoms with van der Waals surface area (Å²) in [6.45, 7) is 4.52. The van der Waals surface area contributed by atoms with Gasteiger partial charge in [-0.15, -0.1) is 0 Å². The molecule has 0 bridgehead atoms. The topological polar surface area (TPSA) is 108 Å². The van der Waals surface area contributed by atoms with E-state index in [4.69, 9.17) is 9.47 Å². The maximum absolute atomic E-state index is 12.8. The second-order valence-corrected chi connectivity index (χ2v) is 8.52. The van der Waals surface area contributed by atoms with Crippen LogP contribution in [0.25, 0.3) is 11.1 Å². The molecule has 3 rings (SSSR count). The molecular weight excluding hydrogens is 474 g/mol. The molecule has 1 atom stereocenters. The monoisotopic (exact) mass is 507 g/mol. The smallest absolute Gasteiger partial charge is 0.254 e. The van der Waals surface area contributed by atoms with E-state index in [0.29, 0.717) is 18.8 Å². The molecule has 9 heteroatoms. The summed E-state index contributed by atoms with van der Waals surface area (Å²) in [6.07, 6.45) is 0. The van der Waals surface area contributed by atoms with E-state index in [0.717, 1.165) is 54.4 Å². The first-order valence-electron chi connectivity index (χ1n) is 12.1. The normalized spacial score (nSPS) is 14.2. The molecule has 1 aliphatic heterocycles. The van der Waals surface area contributed by atoms with Crippen LogP contribution >= 0.6 is 0 Å². The highest BCUT2D eigenvalue weighted by atomic mass is 16.5. The fraction of sp³-hybridized carbons (Fsp3) is 0.393. The molecule has 1 heterocycles. The van der Waals surface area contributed by atoms with Gasteiger partial charge >= 0.3 is 0 Å². The van der Waals surface area contributed by atoms with Crippen molar-refractivity contribution in [2.45, 2.75) is 6.04 Å². The van der Waals surface area contributed by atoms with Crippen LogP contribution in [0.5, 0.6) is 0 Å². The third kappa shape index (κ3) is 7.97. The van der Waals surface area contributed by atoms with Gasteiger partial charge in [-0.1, -0.05) is 36.1 Å². The van der Waals surface area contributed by atoms with Gasteiger partial charge in [-0.05, 0) is 35.4 Å². The molecule has 1 unspecified atom stereocenters. The largest absolute Gasteiger partial charge is 0.388 e. The molecule has 9 nitrogen and oxygen atoms in total. The van der Waals surface area contributed by atoms with Gasteiger partial charge < -0.3 is 24.8 Å². The van der Waals surface area contributed by atoms with Crippen molar-refractivity contribution >= 4 is 17.6 Å². The molecule has 0 aromatic heterocycles. The minimum Gasteiger partial charge on any atom is -0.388 e. The van der Waals surface area contributed by atoms with Gasteiger partial charge in [0.25, 0.3) is 5.91 Å². The molecule has 0 aliphatic carbocycles. The molecule has 2 N–H and O–H groups in total. The third-order valence-electron chi connectivity index (χ3n) is 6.08. The number of aliphatic hydroxyl groups excluding tert-OH is 1. The Hall–Kier alpha value is -3.55. The molecule has 1 saturated heterocycles. The number of hydrogen-bond acceptors (Lipinski definition) is 7. The van der Waals surface area contributed by atoms with Crippen molar-refractivity contribution < 1.29 is 29.0 Å². The Morgan fingerprint density at radius 3 is 2.30 bits per heavy atom. The van der Waals surface area contributed by atoms with Crippen molar-refractivity contribution in [3.05, 3.63) is 59.7 Å². The highest BCUT2D eigenvalue weighted by Crippen LogP contribution is 2.21. The average Bonchev–Trinajstić information content (AvgIpc) is 2.95. The number of likely N-dealkylation sites (N-methyl/N-ethyl adjacent to an activating group) is 2. The van der Waals surface area contributed by atoms with Crippen molar-refractivity contribution in [1.82, 2.24) is 15.1 Å². The van der Waals surface area contributed by atoms with Crippen LogP contribution in [0.3, 0.4) is 0 Å². The summed E-state index contributed by atoms with van der Waals surface area (Å²) < 4.78 is 10.9. The number of aliphatic hydroxyl groups is 1. The number of ketones is 1. The van der Waals surface area contributed by atoms with E-state index in [1.165, 1.54) is 14.1 Å². The quantitative estimate of drug-likeness (QED) is 0.278. The Morgan fingerprint density at radius 1 is 1.08 bits per heavy atom. The Labute approximate surface area is 217 Å². The van der Waals surface area contributed by atoms with Crippen molar-refractivity contribution in [2.24, 2.45) is 0 Å². The number of ether oxygens (including phenoxy) is 2. The van der Waals surface area contributed by atoms with Gasteiger partial charge in [0.2, 0.25) is 5.91 Å². The molecule has 2 amide bonds. The molecule has 0 saturated carbocycles. The Kier molecular flexibility index (Phi) is 10.8. The number of morpholine rings is 1. The molecular formula is C28H33N3O6. The van der Waals surface area contributed by atoms with Crippen LogP contribution in [0.1, 0.15) is 15.9 Å². The minimum atomic E-state index is -1.40. The second kappa shape index (κ2) is 14.3. The molecule has 2 aromatic carbocycles. The van der Waals surface area contributed by atoms with Crippen LogP contribution in [0.4, 0.5) is 0 Å². The van der Waals surface area contributed by atoms with Crippen LogP contribution < -0.4 is 5.32 Å². The van der Waals surface area contributed by atoms with Crippen LogP contribution in [0.15, 0.2) is 48.5 Å². The Balaban J connectivity index is 1.54. The van der Waals surface area contributed by atoms with E-state index in [9.17, 15) is 19.5 Å². The Morgan fingerprint density at radius 2 is 1.70 bits per heavy atom. The number of benzene rings is 2. The maximum atomic E-state index is 12.8. The SMILES string of the molecule is CNC(=O)C(C(=O)CO)N(C)C(=O)c1ccc(-c2ccc(C#CCOCCN3CCOCC3)cc2)cc1. The molecule has 37 heavy (non-hydrogen) atoms. The van der Waals surface area contributed by atoms with E-state index >= 15 is 0 Å². The molecule has 1 aliphatic rings. The van der Waals surface area contributed by atoms with Gasteiger partial charge in [-0.3, -0.25) is 19.3 Å². The zero-order valence-corrected chi connectivity index (χ0v) is 21.2. The van der Waals surface area contributed by atoms with Crippen LogP contribution in [-0.2, 0) is 19.1 Å². The van der Waals surface area contributed by atoms with Crippen molar-refractivity contribution in [3.63, 3.8) is 0 Å². The Bertz CT molecular complexity index is 1100. The first kappa shape index (κ1) is 28.0. The predicted octanol–water partition coefficient (Wildman–Crippen LogP) is 0.802. The first-order valence-corrected chi connectivity index (χ1v) is 12.1. The van der Waals surface area contributed by atoms with Crippen LogP contribution in [0.2, 0.25) is 0 Å². The summed E-state index contributed by atoms with van der Waals surface area (Å²) in [5, 5.41) is 11.5. The highest BCUT2D eigenvalue weighted by molar-refractivity contribution is 6.10. The number of carbonyl (C=O) groups excluding carboxylic acids is 3. The van der Waals surface area contributed by atoms with Crippen LogP contribution in [0, 0.1) is 11.8 Å². The third-order valence-corrected chi connectivity index (χ3v) is 6.08. The zero-order chi connectivity index (χ0) is 26.6. The molecule has 0 radical (unpaired) electrons. The first-order chi connectivity index (χ1) is 17.9. The van der Waals surface area contributed by atoms with Gasteiger partial charge in [0.15, 0.2) is 11.8 Å². The predicted molar refractivity (Wildman–Crippen MR) is 139 cm³/mol. The average molecular weight is 508 g/mol. The van der Waals surface area contributed by atoms with E-state index in [1.54, 1.807) is 24.3 Å². The number of hydrogen-bond donors (Lipinski definition) is 2. The van der Waals surface area contributed by atoms with Gasteiger partial charge in [-0.25, -0.2) is 0 Å². The van der Waals surface area contributed by atoms with Crippen LogP contribution in [-0.4, -0.2) is 105 Å². The van der Waals surface area contributed by atoms with E-state index in [2.05, 4.69) is 22.1 Å². The molecule has 2 aromatic rings. The van der Waals surface area contributed by atoms with Gasteiger partial charge in [0, 0.05) is 44.9 Å². The number of Topliss-reactive ketones (excluding diaryl/α,β-unsaturated/α-hetero) is 1. The summed E-state index contributed by atoms with van der Waals surface area (Å²) in [4.78, 5) is 40.3. The number of nitrogens with zero attached hydrogens (tertiary/aromatic N) is 2. The highest BCUT2D eigenvalue weighted by Gasteiger charge is 2.32. The van der Waals surface area contributed by atoms with Crippen molar-refractivity contribution in [1.29, 1.82) is 0 Å².